The third-order valence-corrected chi connectivity index (χ3v) is 2.98. The van der Waals surface area contributed by atoms with Crippen LogP contribution in [0, 0.1) is 0 Å². The molecule has 1 atom stereocenters. The molecule has 15 heavy (non-hydrogen) atoms. The summed E-state index contributed by atoms with van der Waals surface area (Å²) < 4.78 is 5.53. The van der Waals surface area contributed by atoms with E-state index in [-0.39, 0.29) is 11.9 Å². The predicted molar refractivity (Wildman–Crippen MR) is 54.8 cm³/mol. The number of hydrogen-bond acceptors (Lipinski definition) is 3. The van der Waals surface area contributed by atoms with Crippen LogP contribution < -0.4 is 15.8 Å². The minimum atomic E-state index is 0.00643. The molecular formula is C11H12N2O2. The third-order valence-electron chi connectivity index (χ3n) is 2.98. The predicted octanol–water partition coefficient (Wildman–Crippen LogP) is 0.192. The average Bonchev–Trinajstić information content (AvgIpc) is 2.61. The minimum absolute atomic E-state index is 0.00643. The third kappa shape index (κ3) is 1.22. The lowest BCUT2D eigenvalue weighted by Gasteiger charge is -2.24. The maximum Gasteiger partial charge on any atom is 0.251 e. The number of ether oxygens (including phenoxy) is 1. The summed E-state index contributed by atoms with van der Waals surface area (Å²) in [6.07, 6.45) is 0.799. The van der Waals surface area contributed by atoms with Gasteiger partial charge in [0.2, 0.25) is 0 Å². The van der Waals surface area contributed by atoms with Crippen molar-refractivity contribution >= 4 is 5.91 Å². The molecule has 0 saturated carbocycles. The molecule has 0 saturated heterocycles. The molecule has 1 aromatic rings. The van der Waals surface area contributed by atoms with Crippen LogP contribution in [0.25, 0.3) is 0 Å². The van der Waals surface area contributed by atoms with Crippen molar-refractivity contribution in [3.63, 3.8) is 0 Å². The van der Waals surface area contributed by atoms with Crippen LogP contribution in [0.5, 0.6) is 5.75 Å². The van der Waals surface area contributed by atoms with E-state index in [4.69, 9.17) is 10.5 Å². The van der Waals surface area contributed by atoms with Gasteiger partial charge >= 0.3 is 0 Å². The summed E-state index contributed by atoms with van der Waals surface area (Å²) in [4.78, 5) is 11.4. The second kappa shape index (κ2) is 2.97. The fraction of sp³-hybridized carbons (Fsp3) is 0.364. The van der Waals surface area contributed by atoms with Gasteiger partial charge in [-0.3, -0.25) is 4.79 Å². The molecule has 78 valence electrons. The lowest BCUT2D eigenvalue weighted by atomic mass is 9.95. The van der Waals surface area contributed by atoms with E-state index in [1.165, 1.54) is 0 Å². The molecule has 1 aromatic carbocycles. The zero-order valence-electron chi connectivity index (χ0n) is 8.25. The lowest BCUT2D eigenvalue weighted by Crippen LogP contribution is -2.34. The van der Waals surface area contributed by atoms with E-state index in [1.807, 2.05) is 12.1 Å². The SMILES string of the molecule is NC1COc2ccc3c(c2C1)CNC3=O. The Morgan fingerprint density at radius 2 is 2.27 bits per heavy atom. The highest BCUT2D eigenvalue weighted by Crippen LogP contribution is 2.31. The van der Waals surface area contributed by atoms with E-state index in [9.17, 15) is 4.79 Å². The highest BCUT2D eigenvalue weighted by atomic mass is 16.5. The Bertz CT molecular complexity index is 442. The molecule has 2 aliphatic rings. The molecule has 3 N–H and O–H groups in total. The summed E-state index contributed by atoms with van der Waals surface area (Å²) in [5, 5.41) is 2.81. The van der Waals surface area contributed by atoms with E-state index in [0.29, 0.717) is 13.2 Å². The largest absolute Gasteiger partial charge is 0.492 e. The van der Waals surface area contributed by atoms with Crippen molar-refractivity contribution in [3.05, 3.63) is 28.8 Å². The number of carbonyl (C=O) groups is 1. The number of carbonyl (C=O) groups excluding carboxylic acids is 1. The van der Waals surface area contributed by atoms with Gasteiger partial charge in [0, 0.05) is 23.7 Å². The van der Waals surface area contributed by atoms with Crippen LogP contribution in [-0.4, -0.2) is 18.6 Å². The first-order valence-corrected chi connectivity index (χ1v) is 5.07. The number of nitrogens with one attached hydrogen (secondary N) is 1. The molecule has 0 fully saturated rings. The first kappa shape index (κ1) is 8.73. The number of fused-ring (bicyclic) bond motifs is 3. The molecule has 3 rings (SSSR count). The minimum Gasteiger partial charge on any atom is -0.492 e. The highest BCUT2D eigenvalue weighted by Gasteiger charge is 2.27. The smallest absolute Gasteiger partial charge is 0.251 e. The fourth-order valence-corrected chi connectivity index (χ4v) is 2.23. The van der Waals surface area contributed by atoms with Gasteiger partial charge in [-0.15, -0.1) is 0 Å². The van der Waals surface area contributed by atoms with Gasteiger partial charge in [0.1, 0.15) is 12.4 Å². The van der Waals surface area contributed by atoms with E-state index < -0.39 is 0 Å². The maximum absolute atomic E-state index is 11.4. The molecule has 0 aromatic heterocycles. The highest BCUT2D eigenvalue weighted by molar-refractivity contribution is 5.99. The van der Waals surface area contributed by atoms with E-state index in [0.717, 1.165) is 28.9 Å². The average molecular weight is 204 g/mol. The molecule has 0 spiro atoms. The Hall–Kier alpha value is -1.55. The topological polar surface area (TPSA) is 64.3 Å². The molecule has 0 radical (unpaired) electrons. The van der Waals surface area contributed by atoms with Crippen LogP contribution in [0.4, 0.5) is 0 Å². The molecular weight excluding hydrogens is 192 g/mol. The summed E-state index contributed by atoms with van der Waals surface area (Å²) in [6.45, 7) is 1.17. The summed E-state index contributed by atoms with van der Waals surface area (Å²) in [5.41, 5.74) is 8.78. The van der Waals surface area contributed by atoms with Gasteiger partial charge in [-0.05, 0) is 24.1 Å². The van der Waals surface area contributed by atoms with Crippen LogP contribution in [0.1, 0.15) is 21.5 Å². The van der Waals surface area contributed by atoms with Crippen LogP contribution >= 0.6 is 0 Å². The quantitative estimate of drug-likeness (QED) is 0.634. The molecule has 4 heteroatoms. The Morgan fingerprint density at radius 3 is 3.13 bits per heavy atom. The summed E-state index contributed by atoms with van der Waals surface area (Å²) in [6, 6.07) is 3.73. The first-order valence-electron chi connectivity index (χ1n) is 5.07. The van der Waals surface area contributed by atoms with Crippen LogP contribution in [-0.2, 0) is 13.0 Å². The van der Waals surface area contributed by atoms with Crippen molar-refractivity contribution in [3.8, 4) is 5.75 Å². The van der Waals surface area contributed by atoms with Gasteiger partial charge in [-0.1, -0.05) is 0 Å². The Labute approximate surface area is 87.4 Å². The number of rotatable bonds is 0. The monoisotopic (exact) mass is 204 g/mol. The van der Waals surface area contributed by atoms with Crippen LogP contribution in [0.2, 0.25) is 0 Å². The summed E-state index contributed by atoms with van der Waals surface area (Å²) in [5.74, 6) is 0.888. The number of amides is 1. The molecule has 1 unspecified atom stereocenters. The van der Waals surface area contributed by atoms with Gasteiger partial charge in [-0.25, -0.2) is 0 Å². The Balaban J connectivity index is 2.15. The molecule has 0 bridgehead atoms. The van der Waals surface area contributed by atoms with Crippen molar-refractivity contribution in [2.24, 2.45) is 5.73 Å². The molecule has 0 aliphatic carbocycles. The molecule has 1 amide bonds. The van der Waals surface area contributed by atoms with Gasteiger partial charge in [0.25, 0.3) is 5.91 Å². The van der Waals surface area contributed by atoms with E-state index in [1.54, 1.807) is 0 Å². The van der Waals surface area contributed by atoms with Crippen molar-refractivity contribution in [1.82, 2.24) is 5.32 Å². The Morgan fingerprint density at radius 1 is 1.40 bits per heavy atom. The molecule has 2 heterocycles. The number of benzene rings is 1. The summed E-state index contributed by atoms with van der Waals surface area (Å²) >= 11 is 0. The zero-order valence-corrected chi connectivity index (χ0v) is 8.25. The van der Waals surface area contributed by atoms with Gasteiger partial charge < -0.3 is 15.8 Å². The van der Waals surface area contributed by atoms with Crippen LogP contribution in [0.3, 0.4) is 0 Å². The Kier molecular flexibility index (Phi) is 1.73. The van der Waals surface area contributed by atoms with Gasteiger partial charge in [0.05, 0.1) is 0 Å². The fourth-order valence-electron chi connectivity index (χ4n) is 2.23. The maximum atomic E-state index is 11.4. The van der Waals surface area contributed by atoms with Crippen LogP contribution in [0.15, 0.2) is 12.1 Å². The van der Waals surface area contributed by atoms with Crippen molar-refractivity contribution in [1.29, 1.82) is 0 Å². The number of hydrogen-bond donors (Lipinski definition) is 2. The van der Waals surface area contributed by atoms with E-state index in [2.05, 4.69) is 5.32 Å². The second-order valence-corrected chi connectivity index (χ2v) is 4.03. The molecule has 2 aliphatic heterocycles. The normalized spacial score (nSPS) is 22.7. The zero-order chi connectivity index (χ0) is 10.4. The molecule has 4 nitrogen and oxygen atoms in total. The lowest BCUT2D eigenvalue weighted by molar-refractivity contribution is 0.0966. The second-order valence-electron chi connectivity index (χ2n) is 4.03. The van der Waals surface area contributed by atoms with Gasteiger partial charge in [0.15, 0.2) is 0 Å². The van der Waals surface area contributed by atoms with Crippen molar-refractivity contribution in [2.45, 2.75) is 19.0 Å². The number of nitrogens with two attached hydrogens (primary N) is 1. The standard InChI is InChI=1S/C11H12N2O2/c12-6-3-8-9-4-13-11(14)7(9)1-2-10(8)15-5-6/h1-2,6H,3-5,12H2,(H,13,14). The first-order chi connectivity index (χ1) is 7.25. The van der Waals surface area contributed by atoms with Crippen molar-refractivity contribution < 1.29 is 9.53 Å². The van der Waals surface area contributed by atoms with E-state index >= 15 is 0 Å². The summed E-state index contributed by atoms with van der Waals surface area (Å²) in [7, 11) is 0. The van der Waals surface area contributed by atoms with Gasteiger partial charge in [-0.2, -0.15) is 0 Å². The van der Waals surface area contributed by atoms with Crippen molar-refractivity contribution in [2.75, 3.05) is 6.61 Å².